The van der Waals surface area contributed by atoms with Crippen LogP contribution in [0.25, 0.3) is 0 Å². The van der Waals surface area contributed by atoms with Crippen LogP contribution >= 0.6 is 0 Å². The summed E-state index contributed by atoms with van der Waals surface area (Å²) in [7, 11) is 0. The number of aliphatic carboxylic acids is 1. The molecule has 0 spiro atoms. The van der Waals surface area contributed by atoms with Crippen LogP contribution in [0, 0.1) is 5.41 Å². The van der Waals surface area contributed by atoms with E-state index in [2.05, 4.69) is 5.32 Å². The lowest BCUT2D eigenvalue weighted by molar-refractivity contribution is -0.149. The molecule has 0 bridgehead atoms. The van der Waals surface area contributed by atoms with E-state index < -0.39 is 11.4 Å². The molecule has 0 aliphatic carbocycles. The van der Waals surface area contributed by atoms with Gasteiger partial charge in [-0.1, -0.05) is 0 Å². The van der Waals surface area contributed by atoms with Crippen LogP contribution < -0.4 is 5.32 Å². The maximum atomic E-state index is 12.0. The maximum Gasteiger partial charge on any atom is 0.310 e. The lowest BCUT2D eigenvalue weighted by Gasteiger charge is -2.26. The number of nitrogens with one attached hydrogen (secondary N) is 1. The molecule has 0 radical (unpaired) electrons. The van der Waals surface area contributed by atoms with E-state index in [4.69, 9.17) is 9.84 Å². The Labute approximate surface area is 99.9 Å². The molecular formula is C11H18N2O4. The molecule has 17 heavy (non-hydrogen) atoms. The lowest BCUT2D eigenvalue weighted by atomic mass is 9.93. The van der Waals surface area contributed by atoms with E-state index in [9.17, 15) is 9.59 Å². The lowest BCUT2D eigenvalue weighted by Crippen LogP contribution is -2.50. The van der Waals surface area contributed by atoms with E-state index >= 15 is 0 Å². The predicted molar refractivity (Wildman–Crippen MR) is 59.5 cm³/mol. The molecule has 2 atom stereocenters. The smallest absolute Gasteiger partial charge is 0.310 e. The van der Waals surface area contributed by atoms with Gasteiger partial charge >= 0.3 is 5.97 Å². The normalized spacial score (nSPS) is 29.3. The van der Waals surface area contributed by atoms with Crippen LogP contribution in [0.5, 0.6) is 0 Å². The van der Waals surface area contributed by atoms with Gasteiger partial charge in [-0.25, -0.2) is 0 Å². The molecule has 2 aliphatic heterocycles. The first-order chi connectivity index (χ1) is 7.92. The predicted octanol–water partition coefficient (Wildman–Crippen LogP) is -0.704. The third-order valence-corrected chi connectivity index (χ3v) is 3.31. The van der Waals surface area contributed by atoms with Gasteiger partial charge in [0.25, 0.3) is 0 Å². The highest BCUT2D eigenvalue weighted by Gasteiger charge is 2.45. The third-order valence-electron chi connectivity index (χ3n) is 3.31. The molecule has 2 fully saturated rings. The van der Waals surface area contributed by atoms with Gasteiger partial charge in [-0.2, -0.15) is 0 Å². The van der Waals surface area contributed by atoms with Crippen LogP contribution in [-0.2, 0) is 14.3 Å². The fraction of sp³-hybridized carbons (Fsp3) is 0.818. The molecule has 2 aliphatic rings. The first kappa shape index (κ1) is 12.3. The number of carboxylic acids is 1. The van der Waals surface area contributed by atoms with Crippen molar-refractivity contribution in [1.29, 1.82) is 0 Å². The summed E-state index contributed by atoms with van der Waals surface area (Å²) in [4.78, 5) is 24.7. The van der Waals surface area contributed by atoms with Crippen LogP contribution in [0.2, 0.25) is 0 Å². The number of morpholine rings is 1. The van der Waals surface area contributed by atoms with Gasteiger partial charge in [0.1, 0.15) is 6.04 Å². The molecule has 0 aromatic carbocycles. The average molecular weight is 242 g/mol. The molecule has 0 unspecified atom stereocenters. The number of carbonyl (C=O) groups is 2. The molecule has 1 amide bonds. The topological polar surface area (TPSA) is 78.9 Å². The van der Waals surface area contributed by atoms with Gasteiger partial charge in [0, 0.05) is 19.6 Å². The van der Waals surface area contributed by atoms with Crippen molar-refractivity contribution in [2.45, 2.75) is 26.0 Å². The highest BCUT2D eigenvalue weighted by molar-refractivity contribution is 5.86. The van der Waals surface area contributed by atoms with Crippen LogP contribution in [0.4, 0.5) is 0 Å². The maximum absolute atomic E-state index is 12.0. The first-order valence-electron chi connectivity index (χ1n) is 5.79. The summed E-state index contributed by atoms with van der Waals surface area (Å²) < 4.78 is 5.51. The zero-order valence-corrected chi connectivity index (χ0v) is 10.1. The number of likely N-dealkylation sites (tertiary alicyclic amines) is 1. The highest BCUT2D eigenvalue weighted by atomic mass is 16.5. The Morgan fingerprint density at radius 3 is 2.94 bits per heavy atom. The van der Waals surface area contributed by atoms with E-state index in [0.717, 1.165) is 0 Å². The summed E-state index contributed by atoms with van der Waals surface area (Å²) in [6.45, 7) is 5.22. The molecule has 2 rings (SSSR count). The summed E-state index contributed by atoms with van der Waals surface area (Å²) >= 11 is 0. The largest absolute Gasteiger partial charge is 0.481 e. The van der Waals surface area contributed by atoms with Crippen LogP contribution in [-0.4, -0.2) is 60.3 Å². The van der Waals surface area contributed by atoms with Gasteiger partial charge in [0.05, 0.1) is 18.1 Å². The number of carboxylic acid groups (broad SMARTS) is 1. The Morgan fingerprint density at radius 1 is 1.65 bits per heavy atom. The van der Waals surface area contributed by atoms with Crippen molar-refractivity contribution in [3.05, 3.63) is 0 Å². The van der Waals surface area contributed by atoms with Crippen LogP contribution in [0.15, 0.2) is 0 Å². The van der Waals surface area contributed by atoms with Gasteiger partial charge in [0.2, 0.25) is 5.91 Å². The van der Waals surface area contributed by atoms with Gasteiger partial charge in [-0.05, 0) is 13.8 Å². The van der Waals surface area contributed by atoms with Crippen LogP contribution in [0.1, 0.15) is 13.8 Å². The summed E-state index contributed by atoms with van der Waals surface area (Å²) in [6.07, 6.45) is -0.138. The van der Waals surface area contributed by atoms with Crippen molar-refractivity contribution >= 4 is 11.9 Å². The molecule has 6 heteroatoms. The van der Waals surface area contributed by atoms with E-state index in [1.807, 2.05) is 0 Å². The van der Waals surface area contributed by atoms with Crippen molar-refractivity contribution in [2.75, 3.05) is 26.2 Å². The summed E-state index contributed by atoms with van der Waals surface area (Å²) in [5.41, 5.74) is -0.927. The number of carbonyl (C=O) groups excluding carboxylic acids is 1. The van der Waals surface area contributed by atoms with Gasteiger partial charge in [0.15, 0.2) is 0 Å². The number of ether oxygens (including phenoxy) is 1. The van der Waals surface area contributed by atoms with Gasteiger partial charge in [-0.3, -0.25) is 9.59 Å². The molecule has 2 saturated heterocycles. The second-order valence-electron chi connectivity index (χ2n) is 5.25. The fourth-order valence-corrected chi connectivity index (χ4v) is 2.25. The first-order valence-corrected chi connectivity index (χ1v) is 5.79. The Morgan fingerprint density at radius 2 is 2.35 bits per heavy atom. The minimum absolute atomic E-state index is 0.0518. The van der Waals surface area contributed by atoms with Crippen molar-refractivity contribution in [3.63, 3.8) is 0 Å². The minimum atomic E-state index is -0.927. The molecule has 0 aromatic heterocycles. The Kier molecular flexibility index (Phi) is 3.09. The zero-order valence-electron chi connectivity index (χ0n) is 10.1. The number of hydrogen-bond donors (Lipinski definition) is 2. The second kappa shape index (κ2) is 4.27. The number of rotatable bonds is 3. The zero-order chi connectivity index (χ0) is 12.6. The number of hydrogen-bond acceptors (Lipinski definition) is 4. The number of amides is 1. The Bertz CT molecular complexity index is 342. The molecule has 2 N–H and O–H groups in total. The minimum Gasteiger partial charge on any atom is -0.481 e. The average Bonchev–Trinajstić information content (AvgIpc) is 2.56. The molecule has 2 heterocycles. The SMILES string of the molecule is CC(C)(CN1C[C@@H]2OCCN[C@@H]2C1=O)C(=O)O. The molecule has 0 aromatic rings. The second-order valence-corrected chi connectivity index (χ2v) is 5.25. The van der Waals surface area contributed by atoms with Crippen molar-refractivity contribution in [1.82, 2.24) is 10.2 Å². The molecule has 96 valence electrons. The van der Waals surface area contributed by atoms with Gasteiger partial charge in [-0.15, -0.1) is 0 Å². The third kappa shape index (κ3) is 2.28. The van der Waals surface area contributed by atoms with Crippen molar-refractivity contribution < 1.29 is 19.4 Å². The van der Waals surface area contributed by atoms with E-state index in [0.29, 0.717) is 19.7 Å². The standard InChI is InChI=1S/C11H18N2O4/c1-11(2,10(15)16)6-13-5-7-8(9(13)14)12-3-4-17-7/h7-8,12H,3-6H2,1-2H3,(H,15,16)/t7-,8-/m0/s1. The van der Waals surface area contributed by atoms with Crippen LogP contribution in [0.3, 0.4) is 0 Å². The highest BCUT2D eigenvalue weighted by Crippen LogP contribution is 2.24. The Balaban J connectivity index is 2.04. The summed E-state index contributed by atoms with van der Waals surface area (Å²) in [5.74, 6) is -0.946. The summed E-state index contributed by atoms with van der Waals surface area (Å²) in [5, 5.41) is 12.2. The number of nitrogens with zero attached hydrogens (tertiary/aromatic N) is 1. The molecular weight excluding hydrogens is 224 g/mol. The molecule has 0 saturated carbocycles. The molecule has 6 nitrogen and oxygen atoms in total. The van der Waals surface area contributed by atoms with E-state index in [1.54, 1.807) is 18.7 Å². The fourth-order valence-electron chi connectivity index (χ4n) is 2.25. The van der Waals surface area contributed by atoms with Gasteiger partial charge < -0.3 is 20.1 Å². The monoisotopic (exact) mass is 242 g/mol. The Hall–Kier alpha value is -1.14. The quantitative estimate of drug-likeness (QED) is 0.684. The van der Waals surface area contributed by atoms with Crippen molar-refractivity contribution in [2.24, 2.45) is 5.41 Å². The van der Waals surface area contributed by atoms with E-state index in [-0.39, 0.29) is 24.6 Å². The van der Waals surface area contributed by atoms with Crippen molar-refractivity contribution in [3.8, 4) is 0 Å². The number of fused-ring (bicyclic) bond motifs is 1. The summed E-state index contributed by atoms with van der Waals surface area (Å²) in [6, 6.07) is -0.298. The van der Waals surface area contributed by atoms with E-state index in [1.165, 1.54) is 0 Å².